The summed E-state index contributed by atoms with van der Waals surface area (Å²) >= 11 is 0. The second kappa shape index (κ2) is 8.93. The van der Waals surface area contributed by atoms with Crippen LogP contribution in [0, 0.1) is 0 Å². The second-order valence-electron chi connectivity index (χ2n) is 3.05. The lowest BCUT2D eigenvalue weighted by Gasteiger charge is -2.05. The Kier molecular flexibility index (Phi) is 8.81. The molecule has 0 rings (SSSR count). The van der Waals surface area contributed by atoms with Crippen LogP contribution in [0.2, 0.25) is 0 Å². The van der Waals surface area contributed by atoms with Gasteiger partial charge in [0.15, 0.2) is 0 Å². The van der Waals surface area contributed by atoms with Crippen LogP contribution < -0.4 is 22.5 Å². The molecule has 74 valence electrons. The van der Waals surface area contributed by atoms with Crippen LogP contribution in [-0.2, 0) is 0 Å². The van der Waals surface area contributed by atoms with Gasteiger partial charge in [-0.2, -0.15) is 0 Å². The Morgan fingerprint density at radius 1 is 1.00 bits per heavy atom. The summed E-state index contributed by atoms with van der Waals surface area (Å²) in [6, 6.07) is 0. The number of nitrogens with one attached hydrogen (secondary N) is 1. The molecule has 12 heavy (non-hydrogen) atoms. The van der Waals surface area contributed by atoms with Crippen molar-refractivity contribution in [1.82, 2.24) is 5.32 Å². The maximum atomic E-state index is 5.39. The van der Waals surface area contributed by atoms with Crippen molar-refractivity contribution in [2.45, 2.75) is 31.8 Å². The van der Waals surface area contributed by atoms with Crippen molar-refractivity contribution in [3.63, 3.8) is 0 Å². The number of hydrogen-bond donors (Lipinski definition) is 4. The molecule has 0 fully saturated rings. The first kappa shape index (κ1) is 11.8. The van der Waals surface area contributed by atoms with Crippen molar-refractivity contribution in [2.75, 3.05) is 19.6 Å². The van der Waals surface area contributed by atoms with Gasteiger partial charge in [-0.25, -0.2) is 0 Å². The van der Waals surface area contributed by atoms with E-state index in [1.54, 1.807) is 0 Å². The van der Waals surface area contributed by atoms with Crippen molar-refractivity contribution in [2.24, 2.45) is 17.2 Å². The van der Waals surface area contributed by atoms with Crippen molar-refractivity contribution >= 4 is 0 Å². The predicted molar refractivity (Wildman–Crippen MR) is 52.6 cm³/mol. The van der Waals surface area contributed by atoms with Crippen LogP contribution in [0.5, 0.6) is 0 Å². The van der Waals surface area contributed by atoms with Gasteiger partial charge in [0.25, 0.3) is 0 Å². The molecule has 0 aliphatic heterocycles. The van der Waals surface area contributed by atoms with Crippen LogP contribution in [0.3, 0.4) is 0 Å². The van der Waals surface area contributed by atoms with Crippen LogP contribution in [0.1, 0.15) is 25.7 Å². The Hall–Kier alpha value is -0.160. The third-order valence-corrected chi connectivity index (χ3v) is 1.70. The number of nitrogens with two attached hydrogens (primary N) is 3. The summed E-state index contributed by atoms with van der Waals surface area (Å²) in [4.78, 5) is 0. The highest BCUT2D eigenvalue weighted by Crippen LogP contribution is 1.87. The first-order chi connectivity index (χ1) is 5.77. The minimum absolute atomic E-state index is 0.157. The summed E-state index contributed by atoms with van der Waals surface area (Å²) in [5.74, 6) is 0. The molecule has 0 bridgehead atoms. The third kappa shape index (κ3) is 9.84. The van der Waals surface area contributed by atoms with Gasteiger partial charge in [0, 0.05) is 0 Å². The lowest BCUT2D eigenvalue weighted by molar-refractivity contribution is 0.550. The third-order valence-electron chi connectivity index (χ3n) is 1.70. The molecule has 0 aliphatic carbocycles. The van der Waals surface area contributed by atoms with E-state index >= 15 is 0 Å². The predicted octanol–water partition coefficient (Wildman–Crippen LogP) is -0.661. The largest absolute Gasteiger partial charge is 0.330 e. The van der Waals surface area contributed by atoms with Crippen molar-refractivity contribution < 1.29 is 0 Å². The van der Waals surface area contributed by atoms with Crippen molar-refractivity contribution in [1.29, 1.82) is 0 Å². The molecule has 0 spiro atoms. The molecule has 0 saturated carbocycles. The zero-order valence-corrected chi connectivity index (χ0v) is 7.76. The molecule has 0 radical (unpaired) electrons. The van der Waals surface area contributed by atoms with Gasteiger partial charge in [-0.05, 0) is 45.3 Å². The molecule has 0 atom stereocenters. The highest BCUT2D eigenvalue weighted by molar-refractivity contribution is 4.54. The monoisotopic (exact) mass is 174 g/mol. The van der Waals surface area contributed by atoms with Gasteiger partial charge in [0.05, 0.1) is 6.17 Å². The first-order valence-corrected chi connectivity index (χ1v) is 4.69. The maximum Gasteiger partial charge on any atom is 0.0521 e. The standard InChI is InChI=1S/C8H22N4/c9-5-1-2-6-12-7-3-4-8(10)11/h8,12H,1-7,9-11H2. The summed E-state index contributed by atoms with van der Waals surface area (Å²) in [6.45, 7) is 2.85. The molecule has 0 aromatic rings. The Morgan fingerprint density at radius 3 is 2.25 bits per heavy atom. The zero-order valence-electron chi connectivity index (χ0n) is 7.76. The van der Waals surface area contributed by atoms with E-state index in [1.807, 2.05) is 0 Å². The Bertz CT molecular complexity index is 85.1. The van der Waals surface area contributed by atoms with Crippen LogP contribution in [0.15, 0.2) is 0 Å². The van der Waals surface area contributed by atoms with Gasteiger partial charge in [-0.1, -0.05) is 0 Å². The van der Waals surface area contributed by atoms with E-state index in [4.69, 9.17) is 17.2 Å². The molecule has 0 aromatic heterocycles. The molecule has 4 nitrogen and oxygen atoms in total. The molecule has 0 amide bonds. The summed E-state index contributed by atoms with van der Waals surface area (Å²) in [6.07, 6.45) is 4.05. The topological polar surface area (TPSA) is 90.1 Å². The van der Waals surface area contributed by atoms with Gasteiger partial charge < -0.3 is 22.5 Å². The van der Waals surface area contributed by atoms with Gasteiger partial charge in [0.1, 0.15) is 0 Å². The average Bonchev–Trinajstić information content (AvgIpc) is 2.02. The first-order valence-electron chi connectivity index (χ1n) is 4.69. The van der Waals surface area contributed by atoms with Gasteiger partial charge in [-0.15, -0.1) is 0 Å². The lowest BCUT2D eigenvalue weighted by Crippen LogP contribution is -2.31. The normalized spacial score (nSPS) is 11.0. The Balaban J connectivity index is 2.82. The van der Waals surface area contributed by atoms with E-state index in [0.29, 0.717) is 0 Å². The van der Waals surface area contributed by atoms with E-state index in [2.05, 4.69) is 5.32 Å². The summed E-state index contributed by atoms with van der Waals surface area (Å²) in [5, 5.41) is 3.31. The van der Waals surface area contributed by atoms with Gasteiger partial charge >= 0.3 is 0 Å². The molecule has 0 aromatic carbocycles. The van der Waals surface area contributed by atoms with Crippen LogP contribution in [0.25, 0.3) is 0 Å². The lowest BCUT2D eigenvalue weighted by atomic mass is 10.2. The van der Waals surface area contributed by atoms with Crippen molar-refractivity contribution in [3.8, 4) is 0 Å². The SMILES string of the molecule is NCCCCNCCCC(N)N. The Labute approximate surface area is 74.9 Å². The minimum atomic E-state index is -0.157. The fourth-order valence-electron chi connectivity index (χ4n) is 0.982. The van der Waals surface area contributed by atoms with Crippen molar-refractivity contribution in [3.05, 3.63) is 0 Å². The highest BCUT2D eigenvalue weighted by atomic mass is 14.9. The summed E-state index contributed by atoms with van der Waals surface area (Å²) < 4.78 is 0. The second-order valence-corrected chi connectivity index (χ2v) is 3.05. The Morgan fingerprint density at radius 2 is 1.67 bits per heavy atom. The van der Waals surface area contributed by atoms with E-state index < -0.39 is 0 Å². The number of rotatable bonds is 8. The quantitative estimate of drug-likeness (QED) is 0.290. The summed E-state index contributed by atoms with van der Waals surface area (Å²) in [5.41, 5.74) is 16.1. The fraction of sp³-hybridized carbons (Fsp3) is 1.00. The van der Waals surface area contributed by atoms with E-state index in [1.165, 1.54) is 0 Å². The molecule has 0 saturated heterocycles. The maximum absolute atomic E-state index is 5.39. The van der Waals surface area contributed by atoms with Gasteiger partial charge in [-0.3, -0.25) is 0 Å². The van der Waals surface area contributed by atoms with E-state index in [-0.39, 0.29) is 6.17 Å². The zero-order chi connectivity index (χ0) is 9.23. The van der Waals surface area contributed by atoms with E-state index in [9.17, 15) is 0 Å². The molecule has 7 N–H and O–H groups in total. The van der Waals surface area contributed by atoms with Gasteiger partial charge in [0.2, 0.25) is 0 Å². The number of unbranched alkanes of at least 4 members (excludes halogenated alkanes) is 1. The molecular formula is C8H22N4. The smallest absolute Gasteiger partial charge is 0.0521 e. The highest BCUT2D eigenvalue weighted by Gasteiger charge is 1.93. The van der Waals surface area contributed by atoms with E-state index in [0.717, 1.165) is 45.3 Å². The molecule has 0 aliphatic rings. The summed E-state index contributed by atoms with van der Waals surface area (Å²) in [7, 11) is 0. The number of hydrogen-bond acceptors (Lipinski definition) is 4. The van der Waals surface area contributed by atoms with Crippen LogP contribution in [-0.4, -0.2) is 25.8 Å². The minimum Gasteiger partial charge on any atom is -0.330 e. The van der Waals surface area contributed by atoms with Crippen LogP contribution >= 0.6 is 0 Å². The van der Waals surface area contributed by atoms with Crippen LogP contribution in [0.4, 0.5) is 0 Å². The molecule has 0 unspecified atom stereocenters. The fourth-order valence-corrected chi connectivity index (χ4v) is 0.982. The molecule has 4 heteroatoms. The molecular weight excluding hydrogens is 152 g/mol. The average molecular weight is 174 g/mol. The molecule has 0 heterocycles.